The van der Waals surface area contributed by atoms with E-state index in [9.17, 15) is 13.2 Å². The largest absolute Gasteiger partial charge is 0.491 e. The molecule has 1 amide bonds. The fourth-order valence-electron chi connectivity index (χ4n) is 3.30. The number of carbonyl (C=O) groups excluding carboxylic acids is 1. The average Bonchev–Trinajstić information content (AvgIpc) is 2.78. The highest BCUT2D eigenvalue weighted by atomic mass is 32.2. The Bertz CT molecular complexity index is 1290. The number of rotatable bonds is 8. The predicted molar refractivity (Wildman–Crippen MR) is 144 cm³/mol. The zero-order valence-corrected chi connectivity index (χ0v) is 21.7. The summed E-state index contributed by atoms with van der Waals surface area (Å²) in [6.07, 6.45) is 0.980. The van der Waals surface area contributed by atoms with Crippen molar-refractivity contribution >= 4 is 44.6 Å². The Morgan fingerprint density at radius 2 is 1.54 bits per heavy atom. The molecule has 0 bridgehead atoms. The van der Waals surface area contributed by atoms with E-state index in [2.05, 4.69) is 15.4 Å². The molecule has 0 heterocycles. The fourth-order valence-corrected chi connectivity index (χ4v) is 4.55. The van der Waals surface area contributed by atoms with Crippen LogP contribution >= 0.6 is 12.2 Å². The SMILES string of the molecule is CCC(C)Oc1ccc(C(=O)NC(=S)Nc2ccc(S(=O)(=O)Nc3cc(C)cc(C)c3)cc2)cc1. The summed E-state index contributed by atoms with van der Waals surface area (Å²) >= 11 is 5.23. The van der Waals surface area contributed by atoms with Crippen LogP contribution in [0, 0.1) is 13.8 Å². The van der Waals surface area contributed by atoms with Crippen molar-refractivity contribution in [3.8, 4) is 5.75 Å². The highest BCUT2D eigenvalue weighted by Gasteiger charge is 2.15. The molecule has 0 radical (unpaired) electrons. The molecule has 3 rings (SSSR count). The monoisotopic (exact) mass is 511 g/mol. The third kappa shape index (κ3) is 7.53. The molecule has 0 saturated carbocycles. The molecule has 0 aromatic heterocycles. The number of anilines is 2. The van der Waals surface area contributed by atoms with Gasteiger partial charge < -0.3 is 10.1 Å². The Balaban J connectivity index is 1.58. The van der Waals surface area contributed by atoms with Crippen LogP contribution in [0.2, 0.25) is 0 Å². The lowest BCUT2D eigenvalue weighted by molar-refractivity contribution is 0.0977. The Morgan fingerprint density at radius 3 is 2.11 bits per heavy atom. The molecule has 3 aromatic rings. The Hall–Kier alpha value is -3.43. The molecule has 9 heteroatoms. The quantitative estimate of drug-likeness (QED) is 0.350. The van der Waals surface area contributed by atoms with Gasteiger partial charge in [0, 0.05) is 16.9 Å². The van der Waals surface area contributed by atoms with Crippen LogP contribution in [0.3, 0.4) is 0 Å². The number of aryl methyl sites for hydroxylation is 2. The summed E-state index contributed by atoms with van der Waals surface area (Å²) in [6.45, 7) is 7.83. The summed E-state index contributed by atoms with van der Waals surface area (Å²) in [6, 6.07) is 18.4. The van der Waals surface area contributed by atoms with E-state index in [0.29, 0.717) is 22.7 Å². The summed E-state index contributed by atoms with van der Waals surface area (Å²) < 4.78 is 33.8. The minimum Gasteiger partial charge on any atom is -0.491 e. The van der Waals surface area contributed by atoms with Gasteiger partial charge in [-0.15, -0.1) is 0 Å². The molecule has 3 N–H and O–H groups in total. The van der Waals surface area contributed by atoms with Crippen molar-refractivity contribution in [3.63, 3.8) is 0 Å². The molecule has 3 aromatic carbocycles. The summed E-state index contributed by atoms with van der Waals surface area (Å²) in [5.41, 5.74) is 3.41. The van der Waals surface area contributed by atoms with E-state index in [0.717, 1.165) is 17.5 Å². The Morgan fingerprint density at radius 1 is 0.943 bits per heavy atom. The smallest absolute Gasteiger partial charge is 0.261 e. The van der Waals surface area contributed by atoms with E-state index in [-0.39, 0.29) is 22.0 Å². The molecule has 1 atom stereocenters. The van der Waals surface area contributed by atoms with Crippen LogP contribution in [0.5, 0.6) is 5.75 Å². The lowest BCUT2D eigenvalue weighted by Crippen LogP contribution is -2.34. The van der Waals surface area contributed by atoms with Crippen molar-refractivity contribution in [2.75, 3.05) is 10.0 Å². The van der Waals surface area contributed by atoms with Crippen LogP contribution in [-0.2, 0) is 10.0 Å². The standard InChI is InChI=1S/C26H29N3O4S2/c1-5-19(4)33-23-10-6-20(7-11-23)25(30)28-26(34)27-21-8-12-24(13-9-21)35(31,32)29-22-15-17(2)14-18(3)16-22/h6-16,19,29H,5H2,1-4H3,(H2,27,28,30,34). The minimum absolute atomic E-state index is 0.0929. The number of amides is 1. The van der Waals surface area contributed by atoms with E-state index in [1.165, 1.54) is 12.1 Å². The van der Waals surface area contributed by atoms with Gasteiger partial charge in [0.25, 0.3) is 15.9 Å². The van der Waals surface area contributed by atoms with Gasteiger partial charge in [0.15, 0.2) is 5.11 Å². The molecule has 7 nitrogen and oxygen atoms in total. The van der Waals surface area contributed by atoms with Gasteiger partial charge in [-0.05, 0) is 111 Å². The van der Waals surface area contributed by atoms with E-state index >= 15 is 0 Å². The maximum Gasteiger partial charge on any atom is 0.261 e. The Labute approximate surface area is 212 Å². The van der Waals surface area contributed by atoms with Gasteiger partial charge in [-0.3, -0.25) is 14.8 Å². The van der Waals surface area contributed by atoms with Crippen LogP contribution < -0.4 is 20.1 Å². The molecular formula is C26H29N3O4S2. The first-order valence-electron chi connectivity index (χ1n) is 11.2. The van der Waals surface area contributed by atoms with E-state index < -0.39 is 10.0 Å². The second kappa shape index (κ2) is 11.3. The van der Waals surface area contributed by atoms with Gasteiger partial charge in [0.1, 0.15) is 5.75 Å². The third-order valence-electron chi connectivity index (χ3n) is 5.15. The lowest BCUT2D eigenvalue weighted by atomic mass is 10.1. The van der Waals surface area contributed by atoms with Crippen LogP contribution in [0.25, 0.3) is 0 Å². The molecule has 35 heavy (non-hydrogen) atoms. The number of benzene rings is 3. The average molecular weight is 512 g/mol. The summed E-state index contributed by atoms with van der Waals surface area (Å²) in [4.78, 5) is 12.6. The zero-order valence-electron chi connectivity index (χ0n) is 20.1. The number of carbonyl (C=O) groups is 1. The number of hydrogen-bond acceptors (Lipinski definition) is 5. The van der Waals surface area contributed by atoms with Gasteiger partial charge in [-0.1, -0.05) is 13.0 Å². The van der Waals surface area contributed by atoms with Crippen molar-refractivity contribution in [2.45, 2.75) is 45.1 Å². The first-order chi connectivity index (χ1) is 16.6. The van der Waals surface area contributed by atoms with Gasteiger partial charge in [0.05, 0.1) is 11.0 Å². The summed E-state index contributed by atoms with van der Waals surface area (Å²) in [5.74, 6) is 0.327. The summed E-state index contributed by atoms with van der Waals surface area (Å²) in [7, 11) is -3.75. The molecule has 1 unspecified atom stereocenters. The maximum absolute atomic E-state index is 12.7. The fraction of sp³-hybridized carbons (Fsp3) is 0.231. The van der Waals surface area contributed by atoms with Crippen molar-refractivity contribution in [2.24, 2.45) is 0 Å². The molecule has 0 aliphatic rings. The van der Waals surface area contributed by atoms with Crippen molar-refractivity contribution in [1.82, 2.24) is 5.32 Å². The number of hydrogen-bond donors (Lipinski definition) is 3. The molecule has 0 aliphatic carbocycles. The van der Waals surface area contributed by atoms with Crippen LogP contribution in [0.4, 0.5) is 11.4 Å². The second-order valence-corrected chi connectivity index (χ2v) is 10.4. The predicted octanol–water partition coefficient (Wildman–Crippen LogP) is 5.41. The van der Waals surface area contributed by atoms with Crippen molar-refractivity contribution < 1.29 is 17.9 Å². The number of nitrogens with one attached hydrogen (secondary N) is 3. The molecule has 184 valence electrons. The molecule has 0 saturated heterocycles. The van der Waals surface area contributed by atoms with Gasteiger partial charge in [-0.25, -0.2) is 8.42 Å². The van der Waals surface area contributed by atoms with Crippen LogP contribution in [0.15, 0.2) is 71.6 Å². The van der Waals surface area contributed by atoms with E-state index in [1.807, 2.05) is 33.8 Å². The molecule has 0 aliphatic heterocycles. The number of sulfonamides is 1. The second-order valence-electron chi connectivity index (χ2n) is 8.28. The van der Waals surface area contributed by atoms with Crippen LogP contribution in [-0.4, -0.2) is 25.5 Å². The van der Waals surface area contributed by atoms with Gasteiger partial charge >= 0.3 is 0 Å². The maximum atomic E-state index is 12.7. The molecule has 0 spiro atoms. The zero-order chi connectivity index (χ0) is 25.6. The van der Waals surface area contributed by atoms with Gasteiger partial charge in [0.2, 0.25) is 0 Å². The van der Waals surface area contributed by atoms with Crippen molar-refractivity contribution in [1.29, 1.82) is 0 Å². The van der Waals surface area contributed by atoms with Gasteiger partial charge in [-0.2, -0.15) is 0 Å². The topological polar surface area (TPSA) is 96.5 Å². The molecule has 0 fully saturated rings. The molecular weight excluding hydrogens is 482 g/mol. The highest BCUT2D eigenvalue weighted by Crippen LogP contribution is 2.20. The van der Waals surface area contributed by atoms with E-state index in [4.69, 9.17) is 17.0 Å². The van der Waals surface area contributed by atoms with Crippen molar-refractivity contribution in [3.05, 3.63) is 83.4 Å². The normalized spacial score (nSPS) is 11.9. The Kier molecular flexibility index (Phi) is 8.48. The van der Waals surface area contributed by atoms with E-state index in [1.54, 1.807) is 48.5 Å². The number of ether oxygens (including phenoxy) is 1. The lowest BCUT2D eigenvalue weighted by Gasteiger charge is -2.13. The minimum atomic E-state index is -3.75. The third-order valence-corrected chi connectivity index (χ3v) is 6.75. The first-order valence-corrected chi connectivity index (χ1v) is 13.0. The highest BCUT2D eigenvalue weighted by molar-refractivity contribution is 7.92. The first kappa shape index (κ1) is 26.2. The summed E-state index contributed by atoms with van der Waals surface area (Å²) in [5, 5.41) is 5.60. The number of thiocarbonyl (C=S) groups is 1. The van der Waals surface area contributed by atoms with Crippen LogP contribution in [0.1, 0.15) is 41.8 Å².